The number of carbonyl (C=O) groups excluding carboxylic acids is 1. The molecule has 0 radical (unpaired) electrons. The van der Waals surface area contributed by atoms with Gasteiger partial charge in [-0.1, -0.05) is 30.9 Å². The lowest BCUT2D eigenvalue weighted by Gasteiger charge is -2.10. The molecule has 0 atom stereocenters. The lowest BCUT2D eigenvalue weighted by Crippen LogP contribution is -2.14. The molecule has 0 aliphatic heterocycles. The fourth-order valence-electron chi connectivity index (χ4n) is 2.16. The fourth-order valence-corrected chi connectivity index (χ4v) is 4.29. The number of ether oxygens (including phenoxy) is 1. The summed E-state index contributed by atoms with van der Waals surface area (Å²) in [5.41, 5.74) is 2.43. The average molecular weight is 570 g/mol. The summed E-state index contributed by atoms with van der Waals surface area (Å²) in [5, 5.41) is 12.2. The highest BCUT2D eigenvalue weighted by Gasteiger charge is 2.13. The van der Waals surface area contributed by atoms with Crippen molar-refractivity contribution in [2.24, 2.45) is 0 Å². The molecule has 0 heterocycles. The van der Waals surface area contributed by atoms with E-state index in [0.29, 0.717) is 12.3 Å². The summed E-state index contributed by atoms with van der Waals surface area (Å²) in [6.07, 6.45) is 3.26. The third-order valence-electron chi connectivity index (χ3n) is 3.44. The second-order valence-electron chi connectivity index (χ2n) is 5.35. The van der Waals surface area contributed by atoms with Crippen LogP contribution in [-0.2, 0) is 4.79 Å². The number of nitriles is 1. The fraction of sp³-hybridized carbons (Fsp3) is 0.100. The van der Waals surface area contributed by atoms with Crippen LogP contribution in [0.2, 0.25) is 0 Å². The Hall–Kier alpha value is -1.86. The van der Waals surface area contributed by atoms with Gasteiger partial charge in [-0.2, -0.15) is 5.26 Å². The van der Waals surface area contributed by atoms with Gasteiger partial charge in [0.25, 0.3) is 5.91 Å². The molecule has 26 heavy (non-hydrogen) atoms. The lowest BCUT2D eigenvalue weighted by atomic mass is 10.1. The number of nitrogens with one attached hydrogen (secondary N) is 1. The van der Waals surface area contributed by atoms with Gasteiger partial charge in [-0.05, 0) is 87.5 Å². The van der Waals surface area contributed by atoms with Crippen molar-refractivity contribution in [3.8, 4) is 11.8 Å². The van der Waals surface area contributed by atoms with Gasteiger partial charge < -0.3 is 10.1 Å². The predicted octanol–water partition coefficient (Wildman–Crippen LogP) is 5.31. The Kier molecular flexibility index (Phi) is 7.66. The van der Waals surface area contributed by atoms with Crippen LogP contribution in [0.1, 0.15) is 11.1 Å². The van der Waals surface area contributed by atoms with Gasteiger partial charge in [0.2, 0.25) is 0 Å². The lowest BCUT2D eigenvalue weighted by molar-refractivity contribution is -0.112. The van der Waals surface area contributed by atoms with Gasteiger partial charge in [0.05, 0.1) is 7.14 Å². The Balaban J connectivity index is 2.28. The van der Waals surface area contributed by atoms with Gasteiger partial charge in [0.1, 0.15) is 24.0 Å². The SMILES string of the molecule is C=CCOc1c(I)cc(/C=C(/C#N)C(=O)Nc2ccccc2C)cc1I. The summed E-state index contributed by atoms with van der Waals surface area (Å²) >= 11 is 4.35. The molecule has 1 N–H and O–H groups in total. The number of halogens is 2. The number of anilines is 1. The largest absolute Gasteiger partial charge is 0.487 e. The molecular formula is C20H16I2N2O2. The van der Waals surface area contributed by atoms with Gasteiger partial charge in [-0.25, -0.2) is 0 Å². The molecule has 0 aromatic heterocycles. The Morgan fingerprint density at radius 2 is 1.96 bits per heavy atom. The van der Waals surface area contributed by atoms with Crippen LogP contribution >= 0.6 is 45.2 Å². The molecule has 0 saturated heterocycles. The van der Waals surface area contributed by atoms with Gasteiger partial charge in [-0.3, -0.25) is 4.79 Å². The molecule has 4 nitrogen and oxygen atoms in total. The van der Waals surface area contributed by atoms with Crippen LogP contribution in [0, 0.1) is 25.4 Å². The molecule has 0 fully saturated rings. The standard InChI is InChI=1S/C20H16I2N2O2/c1-3-8-26-19-16(21)10-14(11-17(19)22)9-15(12-23)20(25)24-18-7-5-4-6-13(18)2/h3-7,9-11H,1,8H2,2H3,(H,24,25)/b15-9-. The van der Waals surface area contributed by atoms with Crippen LogP contribution in [0.25, 0.3) is 6.08 Å². The van der Waals surface area contributed by atoms with E-state index in [1.807, 2.05) is 43.3 Å². The van der Waals surface area contributed by atoms with E-state index < -0.39 is 5.91 Å². The van der Waals surface area contributed by atoms with Gasteiger partial charge in [-0.15, -0.1) is 0 Å². The first kappa shape index (κ1) is 20.5. The van der Waals surface area contributed by atoms with E-state index in [-0.39, 0.29) is 5.57 Å². The Morgan fingerprint density at radius 3 is 2.54 bits per heavy atom. The number of benzene rings is 2. The normalized spacial score (nSPS) is 10.8. The van der Waals surface area contributed by atoms with Gasteiger partial charge in [0.15, 0.2) is 0 Å². The molecule has 132 valence electrons. The first-order chi connectivity index (χ1) is 12.5. The number of rotatable bonds is 6. The zero-order chi connectivity index (χ0) is 19.1. The summed E-state index contributed by atoms with van der Waals surface area (Å²) in [4.78, 5) is 12.4. The first-order valence-corrected chi connectivity index (χ1v) is 9.83. The molecule has 0 saturated carbocycles. The quantitative estimate of drug-likeness (QED) is 0.222. The minimum Gasteiger partial charge on any atom is -0.487 e. The van der Waals surface area contributed by atoms with E-state index >= 15 is 0 Å². The number of amides is 1. The second-order valence-corrected chi connectivity index (χ2v) is 7.68. The third-order valence-corrected chi connectivity index (χ3v) is 5.04. The molecule has 0 aliphatic carbocycles. The van der Waals surface area contributed by atoms with E-state index in [1.54, 1.807) is 18.2 Å². The van der Waals surface area contributed by atoms with Crippen molar-refractivity contribution in [2.45, 2.75) is 6.92 Å². The molecule has 2 rings (SSSR count). The minimum atomic E-state index is -0.432. The van der Waals surface area contributed by atoms with Crippen molar-refractivity contribution in [2.75, 3.05) is 11.9 Å². The zero-order valence-electron chi connectivity index (χ0n) is 14.1. The van der Waals surface area contributed by atoms with Crippen LogP contribution < -0.4 is 10.1 Å². The van der Waals surface area contributed by atoms with E-state index in [4.69, 9.17) is 4.74 Å². The van der Waals surface area contributed by atoms with E-state index in [2.05, 4.69) is 57.1 Å². The maximum absolute atomic E-state index is 12.4. The van der Waals surface area contributed by atoms with Crippen molar-refractivity contribution in [1.82, 2.24) is 0 Å². The van der Waals surface area contributed by atoms with E-state index in [1.165, 1.54) is 0 Å². The zero-order valence-corrected chi connectivity index (χ0v) is 18.4. The van der Waals surface area contributed by atoms with Gasteiger partial charge in [0, 0.05) is 5.69 Å². The van der Waals surface area contributed by atoms with Crippen LogP contribution in [0.4, 0.5) is 5.69 Å². The first-order valence-electron chi connectivity index (χ1n) is 7.67. The van der Waals surface area contributed by atoms with Crippen LogP contribution in [0.3, 0.4) is 0 Å². The Bertz CT molecular complexity index is 891. The molecule has 0 unspecified atom stereocenters. The highest BCUT2D eigenvalue weighted by molar-refractivity contribution is 14.1. The Morgan fingerprint density at radius 1 is 1.31 bits per heavy atom. The van der Waals surface area contributed by atoms with E-state index in [0.717, 1.165) is 24.0 Å². The number of aryl methyl sites for hydroxylation is 1. The molecule has 2 aromatic rings. The number of hydrogen-bond acceptors (Lipinski definition) is 3. The summed E-state index contributed by atoms with van der Waals surface area (Å²) in [7, 11) is 0. The summed E-state index contributed by atoms with van der Waals surface area (Å²) < 4.78 is 7.45. The molecule has 1 amide bonds. The van der Waals surface area contributed by atoms with Crippen molar-refractivity contribution < 1.29 is 9.53 Å². The smallest absolute Gasteiger partial charge is 0.266 e. The number of para-hydroxylation sites is 1. The molecule has 6 heteroatoms. The van der Waals surface area contributed by atoms with Crippen molar-refractivity contribution >= 4 is 62.9 Å². The molecule has 2 aromatic carbocycles. The number of hydrogen-bond donors (Lipinski definition) is 1. The van der Waals surface area contributed by atoms with Crippen molar-refractivity contribution in [1.29, 1.82) is 5.26 Å². The summed E-state index contributed by atoms with van der Waals surface area (Å²) in [6, 6.07) is 13.2. The predicted molar refractivity (Wildman–Crippen MR) is 121 cm³/mol. The van der Waals surface area contributed by atoms with Crippen molar-refractivity contribution in [3.63, 3.8) is 0 Å². The van der Waals surface area contributed by atoms with Crippen molar-refractivity contribution in [3.05, 3.63) is 72.9 Å². The monoisotopic (exact) mass is 570 g/mol. The molecule has 0 spiro atoms. The van der Waals surface area contributed by atoms with Crippen LogP contribution in [0.15, 0.2) is 54.6 Å². The Labute approximate surface area is 180 Å². The maximum Gasteiger partial charge on any atom is 0.266 e. The van der Waals surface area contributed by atoms with Crippen LogP contribution in [-0.4, -0.2) is 12.5 Å². The highest BCUT2D eigenvalue weighted by atomic mass is 127. The van der Waals surface area contributed by atoms with Crippen LogP contribution in [0.5, 0.6) is 5.75 Å². The number of nitrogens with zero attached hydrogens (tertiary/aromatic N) is 1. The maximum atomic E-state index is 12.4. The minimum absolute atomic E-state index is 0.0413. The average Bonchev–Trinajstić information content (AvgIpc) is 2.61. The second kappa shape index (κ2) is 9.73. The molecular weight excluding hydrogens is 554 g/mol. The summed E-state index contributed by atoms with van der Waals surface area (Å²) in [6.45, 7) is 5.96. The highest BCUT2D eigenvalue weighted by Crippen LogP contribution is 2.30. The van der Waals surface area contributed by atoms with E-state index in [9.17, 15) is 10.1 Å². The van der Waals surface area contributed by atoms with Gasteiger partial charge >= 0.3 is 0 Å². The molecule has 0 bridgehead atoms. The topological polar surface area (TPSA) is 62.1 Å². The molecule has 0 aliphatic rings. The summed E-state index contributed by atoms with van der Waals surface area (Å²) in [5.74, 6) is 0.338. The third kappa shape index (κ3) is 5.32. The number of carbonyl (C=O) groups is 1.